The van der Waals surface area contributed by atoms with Gasteiger partial charge < -0.3 is 9.32 Å². The lowest BCUT2D eigenvalue weighted by molar-refractivity contribution is 0.623. The average molecular weight is 771 g/mol. The lowest BCUT2D eigenvalue weighted by Gasteiger charge is -2.28. The van der Waals surface area contributed by atoms with Crippen LogP contribution in [-0.2, 0) is 0 Å². The Morgan fingerprint density at radius 3 is 1.95 bits per heavy atom. The van der Waals surface area contributed by atoms with Gasteiger partial charge in [0.15, 0.2) is 5.58 Å². The zero-order valence-corrected chi connectivity index (χ0v) is 32.7. The van der Waals surface area contributed by atoms with Crippen LogP contribution in [0.5, 0.6) is 0 Å². The third-order valence-corrected chi connectivity index (χ3v) is 12.9. The van der Waals surface area contributed by atoms with Gasteiger partial charge in [0.25, 0.3) is 0 Å². The normalized spacial score (nSPS) is 11.7. The summed E-state index contributed by atoms with van der Waals surface area (Å²) in [4.78, 5) is 7.36. The van der Waals surface area contributed by atoms with Crippen LogP contribution in [0.15, 0.2) is 211 Å². The van der Waals surface area contributed by atoms with Gasteiger partial charge in [-0.2, -0.15) is 0 Å². The van der Waals surface area contributed by atoms with E-state index in [0.717, 1.165) is 55.4 Å². The first-order valence-electron chi connectivity index (χ1n) is 20.0. The van der Waals surface area contributed by atoms with Crippen LogP contribution in [0.4, 0.5) is 17.1 Å². The molecule has 12 aromatic rings. The Morgan fingerprint density at radius 2 is 1.07 bits per heavy atom. The zero-order valence-electron chi connectivity index (χ0n) is 31.8. The van der Waals surface area contributed by atoms with E-state index in [1.165, 1.54) is 53.0 Å². The highest BCUT2D eigenvalue weighted by molar-refractivity contribution is 7.26. The maximum absolute atomic E-state index is 6.65. The molecule has 0 aliphatic carbocycles. The van der Waals surface area contributed by atoms with E-state index in [1.54, 1.807) is 0 Å². The van der Waals surface area contributed by atoms with Crippen LogP contribution in [-0.4, -0.2) is 4.98 Å². The van der Waals surface area contributed by atoms with Crippen molar-refractivity contribution in [3.05, 3.63) is 206 Å². The Kier molecular flexibility index (Phi) is 7.72. The molecular formula is C55H34N2OS. The van der Waals surface area contributed by atoms with Crippen molar-refractivity contribution in [1.29, 1.82) is 0 Å². The third-order valence-electron chi connectivity index (χ3n) is 11.6. The Labute approximate surface area is 344 Å². The lowest BCUT2D eigenvalue weighted by Crippen LogP contribution is -2.11. The molecule has 0 aliphatic heterocycles. The Bertz CT molecular complexity index is 3570. The number of nitrogens with zero attached hydrogens (tertiary/aromatic N) is 2. The number of fused-ring (bicyclic) bond motifs is 10. The van der Waals surface area contributed by atoms with E-state index < -0.39 is 0 Å². The molecule has 276 valence electrons. The molecule has 12 rings (SSSR count). The monoisotopic (exact) mass is 770 g/mol. The highest BCUT2D eigenvalue weighted by Crippen LogP contribution is 2.47. The summed E-state index contributed by atoms with van der Waals surface area (Å²) >= 11 is 1.87. The Hall–Kier alpha value is -7.53. The van der Waals surface area contributed by atoms with Gasteiger partial charge >= 0.3 is 0 Å². The molecule has 3 nitrogen and oxygen atoms in total. The van der Waals surface area contributed by atoms with Gasteiger partial charge in [0, 0.05) is 53.4 Å². The molecule has 4 heteroatoms. The number of hydrogen-bond acceptors (Lipinski definition) is 4. The van der Waals surface area contributed by atoms with Crippen molar-refractivity contribution in [2.75, 3.05) is 4.90 Å². The minimum absolute atomic E-state index is 0.630. The smallest absolute Gasteiger partial charge is 0.227 e. The van der Waals surface area contributed by atoms with Gasteiger partial charge in [-0.15, -0.1) is 11.3 Å². The minimum Gasteiger partial charge on any atom is -0.435 e. The minimum atomic E-state index is 0.630. The number of anilines is 3. The van der Waals surface area contributed by atoms with Crippen LogP contribution in [0.3, 0.4) is 0 Å². The number of hydrogen-bond donors (Lipinski definition) is 0. The van der Waals surface area contributed by atoms with Gasteiger partial charge in [0.2, 0.25) is 5.89 Å². The molecule has 2 aromatic heterocycles. The zero-order chi connectivity index (χ0) is 38.9. The first-order chi connectivity index (χ1) is 29.3. The fraction of sp³-hybridized carbons (Fsp3) is 0. The van der Waals surface area contributed by atoms with Crippen molar-refractivity contribution in [2.24, 2.45) is 0 Å². The van der Waals surface area contributed by atoms with Gasteiger partial charge in [0.05, 0.1) is 5.69 Å². The van der Waals surface area contributed by atoms with Crippen molar-refractivity contribution in [1.82, 2.24) is 4.98 Å². The molecule has 0 fully saturated rings. The second-order valence-corrected chi connectivity index (χ2v) is 16.1. The van der Waals surface area contributed by atoms with E-state index in [2.05, 4.69) is 181 Å². The summed E-state index contributed by atoms with van der Waals surface area (Å²) < 4.78 is 9.27. The maximum atomic E-state index is 6.65. The standard InChI is InChI=1S/C55H34N2OS/c1-3-15-36(16-4-1)55-56-48-32-31-35-29-30-38-34-47(42-21-7-8-24-45(42)51(38)52(35)53(48)58-55)43-22-9-11-27-49(43)57(39-18-5-2-6-19-39)40-20-13-17-37(33-40)41-25-14-26-46-44-23-10-12-28-50(44)59-54(41)46/h1-34H. The SMILES string of the molecule is c1ccc(-c2nc3ccc4ccc5cc(-c6ccccc6N(c6ccccc6)c6cccc(-c7cccc8c7sc7ccccc78)c6)c6ccccc6c5c4c3o2)cc1. The number of benzene rings is 10. The average Bonchev–Trinajstić information content (AvgIpc) is 3.92. The van der Waals surface area contributed by atoms with Gasteiger partial charge in [-0.05, 0) is 98.9 Å². The van der Waals surface area contributed by atoms with E-state index in [9.17, 15) is 0 Å². The van der Waals surface area contributed by atoms with E-state index >= 15 is 0 Å². The van der Waals surface area contributed by atoms with Gasteiger partial charge in [-0.1, -0.05) is 146 Å². The molecule has 0 unspecified atom stereocenters. The van der Waals surface area contributed by atoms with Crippen molar-refractivity contribution in [2.45, 2.75) is 0 Å². The fourth-order valence-electron chi connectivity index (χ4n) is 9.01. The molecule has 0 spiro atoms. The van der Waals surface area contributed by atoms with Crippen LogP contribution in [0.25, 0.3) is 97.3 Å². The Morgan fingerprint density at radius 1 is 0.424 bits per heavy atom. The van der Waals surface area contributed by atoms with Crippen LogP contribution >= 0.6 is 11.3 Å². The maximum Gasteiger partial charge on any atom is 0.227 e. The molecule has 0 amide bonds. The van der Waals surface area contributed by atoms with Crippen LogP contribution in [0.1, 0.15) is 0 Å². The topological polar surface area (TPSA) is 29.3 Å². The van der Waals surface area contributed by atoms with Crippen molar-refractivity contribution >= 4 is 92.0 Å². The second-order valence-electron chi connectivity index (χ2n) is 15.0. The number of oxazole rings is 1. The van der Waals surface area contributed by atoms with Gasteiger partial charge in [-0.25, -0.2) is 4.98 Å². The number of para-hydroxylation sites is 2. The van der Waals surface area contributed by atoms with Crippen molar-refractivity contribution < 1.29 is 4.42 Å². The molecule has 0 atom stereocenters. The summed E-state index contributed by atoms with van der Waals surface area (Å²) in [6.07, 6.45) is 0. The molecule has 0 saturated carbocycles. The van der Waals surface area contributed by atoms with E-state index in [1.807, 2.05) is 41.7 Å². The predicted molar refractivity (Wildman–Crippen MR) is 250 cm³/mol. The molecule has 0 saturated heterocycles. The summed E-state index contributed by atoms with van der Waals surface area (Å²) in [6, 6.07) is 74.0. The van der Waals surface area contributed by atoms with Crippen LogP contribution in [0.2, 0.25) is 0 Å². The summed E-state index contributed by atoms with van der Waals surface area (Å²) in [7, 11) is 0. The first-order valence-corrected chi connectivity index (χ1v) is 20.8. The highest BCUT2D eigenvalue weighted by Gasteiger charge is 2.22. The molecule has 10 aromatic carbocycles. The van der Waals surface area contributed by atoms with Crippen LogP contribution in [0, 0.1) is 0 Å². The largest absolute Gasteiger partial charge is 0.435 e. The quantitative estimate of drug-likeness (QED) is 0.158. The number of thiophene rings is 1. The summed E-state index contributed by atoms with van der Waals surface area (Å²) in [6.45, 7) is 0. The molecule has 0 radical (unpaired) electrons. The molecule has 2 heterocycles. The van der Waals surface area contributed by atoms with Gasteiger partial charge in [-0.3, -0.25) is 0 Å². The fourth-order valence-corrected chi connectivity index (χ4v) is 10.2. The second kappa shape index (κ2) is 13.6. The Balaban J connectivity index is 1.07. The lowest BCUT2D eigenvalue weighted by atomic mass is 9.89. The number of aromatic nitrogens is 1. The molecular weight excluding hydrogens is 737 g/mol. The van der Waals surface area contributed by atoms with Crippen molar-refractivity contribution in [3.8, 4) is 33.7 Å². The summed E-state index contributed by atoms with van der Waals surface area (Å²) in [5.74, 6) is 0.630. The molecule has 0 bridgehead atoms. The summed E-state index contributed by atoms with van der Waals surface area (Å²) in [5, 5.41) is 9.49. The number of rotatable bonds is 6. The predicted octanol–water partition coefficient (Wildman–Crippen LogP) is 16.1. The van der Waals surface area contributed by atoms with E-state index in [4.69, 9.17) is 9.40 Å². The molecule has 59 heavy (non-hydrogen) atoms. The first kappa shape index (κ1) is 33.6. The summed E-state index contributed by atoms with van der Waals surface area (Å²) in [5.41, 5.74) is 10.7. The van der Waals surface area contributed by atoms with Crippen molar-refractivity contribution in [3.63, 3.8) is 0 Å². The molecule has 0 aliphatic rings. The molecule has 0 N–H and O–H groups in total. The highest BCUT2D eigenvalue weighted by atomic mass is 32.1. The van der Waals surface area contributed by atoms with E-state index in [0.29, 0.717) is 5.89 Å². The van der Waals surface area contributed by atoms with E-state index in [-0.39, 0.29) is 0 Å². The third kappa shape index (κ3) is 5.45. The van der Waals surface area contributed by atoms with Gasteiger partial charge in [0.1, 0.15) is 5.52 Å². The van der Waals surface area contributed by atoms with Crippen LogP contribution < -0.4 is 4.90 Å².